The number of ether oxygens (including phenoxy) is 1. The molecule has 124 valence electrons. The van der Waals surface area contributed by atoms with Gasteiger partial charge >= 0.3 is 0 Å². The third kappa shape index (κ3) is 3.63. The van der Waals surface area contributed by atoms with E-state index >= 15 is 0 Å². The lowest BCUT2D eigenvalue weighted by Crippen LogP contribution is -2.31. The van der Waals surface area contributed by atoms with E-state index in [1.54, 1.807) is 11.3 Å². The van der Waals surface area contributed by atoms with Crippen LogP contribution in [0, 0.1) is 11.8 Å². The number of nitrogens with zero attached hydrogens (tertiary/aromatic N) is 2. The molecule has 2 aromatic rings. The van der Waals surface area contributed by atoms with Gasteiger partial charge in [-0.25, -0.2) is 9.97 Å². The zero-order valence-corrected chi connectivity index (χ0v) is 14.7. The van der Waals surface area contributed by atoms with Crippen LogP contribution in [0.1, 0.15) is 37.6 Å². The molecule has 5 nitrogen and oxygen atoms in total. The average Bonchev–Trinajstić information content (AvgIpc) is 2.88. The number of nitrogens with one attached hydrogen (secondary N) is 1. The second-order valence-electron chi connectivity index (χ2n) is 6.70. The fourth-order valence-electron chi connectivity index (χ4n) is 2.86. The Kier molecular flexibility index (Phi) is 4.80. The summed E-state index contributed by atoms with van der Waals surface area (Å²) in [4.78, 5) is 22.9. The van der Waals surface area contributed by atoms with Gasteiger partial charge in [0.2, 0.25) is 5.88 Å². The first-order valence-electron chi connectivity index (χ1n) is 8.19. The van der Waals surface area contributed by atoms with Crippen LogP contribution in [0.15, 0.2) is 6.33 Å². The Morgan fingerprint density at radius 1 is 1.48 bits per heavy atom. The van der Waals surface area contributed by atoms with Crippen LogP contribution >= 0.6 is 11.3 Å². The molecule has 0 aromatic carbocycles. The highest BCUT2D eigenvalue weighted by Crippen LogP contribution is 2.40. The number of carbonyl (C=O) groups excluding carboxylic acids is 1. The first-order chi connectivity index (χ1) is 11.0. The molecule has 1 amide bonds. The minimum Gasteiger partial charge on any atom is -0.467 e. The molecule has 2 heterocycles. The standard InChI is InChI=1S/C17H23N3O2S/c1-10(2)7-18-14(21)8-22-16-15-12-5-4-11(3)6-13(12)23-17(15)20-9-19-16/h9-11H,4-8H2,1-3H3,(H,18,21). The number of hydrogen-bond acceptors (Lipinski definition) is 5. The fraction of sp³-hybridized carbons (Fsp3) is 0.588. The molecule has 2 aromatic heterocycles. The number of carbonyl (C=O) groups is 1. The third-order valence-electron chi connectivity index (χ3n) is 4.10. The summed E-state index contributed by atoms with van der Waals surface area (Å²) in [5.74, 6) is 1.58. The molecule has 0 bridgehead atoms. The van der Waals surface area contributed by atoms with Crippen molar-refractivity contribution in [1.29, 1.82) is 0 Å². The number of aromatic nitrogens is 2. The highest BCUT2D eigenvalue weighted by molar-refractivity contribution is 7.18. The molecule has 0 saturated heterocycles. The van der Waals surface area contributed by atoms with E-state index in [0.717, 1.165) is 29.0 Å². The molecule has 0 spiro atoms. The zero-order chi connectivity index (χ0) is 16.4. The maximum absolute atomic E-state index is 11.9. The van der Waals surface area contributed by atoms with Crippen LogP contribution < -0.4 is 10.1 Å². The number of thiophene rings is 1. The summed E-state index contributed by atoms with van der Waals surface area (Å²) in [5.41, 5.74) is 1.32. The zero-order valence-electron chi connectivity index (χ0n) is 13.9. The molecule has 0 fully saturated rings. The highest BCUT2D eigenvalue weighted by Gasteiger charge is 2.23. The lowest BCUT2D eigenvalue weighted by molar-refractivity contribution is -0.123. The van der Waals surface area contributed by atoms with Gasteiger partial charge in [0.1, 0.15) is 11.2 Å². The van der Waals surface area contributed by atoms with Crippen molar-refractivity contribution in [3.05, 3.63) is 16.8 Å². The topological polar surface area (TPSA) is 64.1 Å². The van der Waals surface area contributed by atoms with Gasteiger partial charge in [-0.2, -0.15) is 0 Å². The Hall–Kier alpha value is -1.69. The van der Waals surface area contributed by atoms with Crippen LogP contribution in [0.3, 0.4) is 0 Å². The van der Waals surface area contributed by atoms with Crippen LogP contribution in [0.2, 0.25) is 0 Å². The fourth-order valence-corrected chi connectivity index (χ4v) is 4.20. The van der Waals surface area contributed by atoms with E-state index in [-0.39, 0.29) is 12.5 Å². The average molecular weight is 333 g/mol. The maximum atomic E-state index is 11.9. The summed E-state index contributed by atoms with van der Waals surface area (Å²) in [5, 5.41) is 3.87. The molecule has 0 radical (unpaired) electrons. The van der Waals surface area contributed by atoms with Crippen molar-refractivity contribution in [2.24, 2.45) is 11.8 Å². The van der Waals surface area contributed by atoms with E-state index in [4.69, 9.17) is 4.74 Å². The monoisotopic (exact) mass is 333 g/mol. The van der Waals surface area contributed by atoms with Gasteiger partial charge in [-0.15, -0.1) is 11.3 Å². The van der Waals surface area contributed by atoms with Crippen molar-refractivity contribution in [1.82, 2.24) is 15.3 Å². The number of rotatable bonds is 5. The Balaban J connectivity index is 1.77. The molecular formula is C17H23N3O2S. The summed E-state index contributed by atoms with van der Waals surface area (Å²) in [7, 11) is 0. The largest absolute Gasteiger partial charge is 0.467 e. The lowest BCUT2D eigenvalue weighted by Gasteiger charge is -2.18. The number of aryl methyl sites for hydroxylation is 1. The van der Waals surface area contributed by atoms with Gasteiger partial charge in [0.25, 0.3) is 5.91 Å². The third-order valence-corrected chi connectivity index (χ3v) is 5.27. The molecule has 0 saturated carbocycles. The van der Waals surface area contributed by atoms with Crippen molar-refractivity contribution < 1.29 is 9.53 Å². The SMILES string of the molecule is CC(C)CNC(=O)COc1ncnc2sc3c(c12)CCC(C)C3. The molecule has 23 heavy (non-hydrogen) atoms. The van der Waals surface area contributed by atoms with Crippen molar-refractivity contribution in [3.63, 3.8) is 0 Å². The van der Waals surface area contributed by atoms with E-state index in [1.807, 2.05) is 0 Å². The maximum Gasteiger partial charge on any atom is 0.258 e. The van der Waals surface area contributed by atoms with E-state index < -0.39 is 0 Å². The molecular weight excluding hydrogens is 310 g/mol. The van der Waals surface area contributed by atoms with E-state index in [0.29, 0.717) is 18.3 Å². The van der Waals surface area contributed by atoms with Gasteiger partial charge in [-0.05, 0) is 36.7 Å². The Labute approximate surface area is 140 Å². The van der Waals surface area contributed by atoms with Crippen molar-refractivity contribution in [2.75, 3.05) is 13.2 Å². The van der Waals surface area contributed by atoms with E-state index in [9.17, 15) is 4.79 Å². The van der Waals surface area contributed by atoms with Gasteiger partial charge in [0.05, 0.1) is 5.39 Å². The Morgan fingerprint density at radius 2 is 2.30 bits per heavy atom. The van der Waals surface area contributed by atoms with Gasteiger partial charge in [0, 0.05) is 11.4 Å². The van der Waals surface area contributed by atoms with Gasteiger partial charge in [-0.3, -0.25) is 4.79 Å². The second-order valence-corrected chi connectivity index (χ2v) is 7.78. The number of fused-ring (bicyclic) bond motifs is 3. The lowest BCUT2D eigenvalue weighted by atomic mass is 9.89. The van der Waals surface area contributed by atoms with E-state index in [1.165, 1.54) is 23.2 Å². The molecule has 1 aliphatic rings. The summed E-state index contributed by atoms with van der Waals surface area (Å²) >= 11 is 1.73. The van der Waals surface area contributed by atoms with Crippen LogP contribution in [-0.4, -0.2) is 29.0 Å². The van der Waals surface area contributed by atoms with Gasteiger partial charge in [0.15, 0.2) is 6.61 Å². The molecule has 0 aliphatic heterocycles. The van der Waals surface area contributed by atoms with Crippen molar-refractivity contribution in [2.45, 2.75) is 40.0 Å². The first kappa shape index (κ1) is 16.2. The smallest absolute Gasteiger partial charge is 0.258 e. The molecule has 6 heteroatoms. The van der Waals surface area contributed by atoms with Crippen molar-refractivity contribution in [3.8, 4) is 5.88 Å². The van der Waals surface area contributed by atoms with Crippen molar-refractivity contribution >= 4 is 27.5 Å². The van der Waals surface area contributed by atoms with E-state index in [2.05, 4.69) is 36.1 Å². The quantitative estimate of drug-likeness (QED) is 0.914. The Bertz CT molecular complexity index is 711. The van der Waals surface area contributed by atoms with Crippen LogP contribution in [-0.2, 0) is 17.6 Å². The summed E-state index contributed by atoms with van der Waals surface area (Å²) < 4.78 is 5.71. The first-order valence-corrected chi connectivity index (χ1v) is 9.01. The molecule has 1 N–H and O–H groups in total. The van der Waals surface area contributed by atoms with Crippen LogP contribution in [0.25, 0.3) is 10.2 Å². The highest BCUT2D eigenvalue weighted by atomic mass is 32.1. The number of amides is 1. The number of hydrogen-bond donors (Lipinski definition) is 1. The minimum atomic E-state index is -0.108. The van der Waals surface area contributed by atoms with Crippen LogP contribution in [0.5, 0.6) is 5.88 Å². The minimum absolute atomic E-state index is 0.000143. The molecule has 3 rings (SSSR count). The summed E-state index contributed by atoms with van der Waals surface area (Å²) in [6, 6.07) is 0. The second kappa shape index (κ2) is 6.83. The summed E-state index contributed by atoms with van der Waals surface area (Å²) in [6.07, 6.45) is 4.85. The Morgan fingerprint density at radius 3 is 3.09 bits per heavy atom. The predicted molar refractivity (Wildman–Crippen MR) is 91.9 cm³/mol. The molecule has 1 atom stereocenters. The predicted octanol–water partition coefficient (Wildman–Crippen LogP) is 2.97. The van der Waals surface area contributed by atoms with Crippen LogP contribution in [0.4, 0.5) is 0 Å². The van der Waals surface area contributed by atoms with Gasteiger partial charge in [-0.1, -0.05) is 20.8 Å². The molecule has 1 unspecified atom stereocenters. The normalized spacial score (nSPS) is 17.3. The van der Waals surface area contributed by atoms with Gasteiger partial charge < -0.3 is 10.1 Å². The summed E-state index contributed by atoms with van der Waals surface area (Å²) in [6.45, 7) is 7.07. The molecule has 1 aliphatic carbocycles.